The van der Waals surface area contributed by atoms with Crippen molar-refractivity contribution in [2.75, 3.05) is 6.61 Å². The van der Waals surface area contributed by atoms with Crippen LogP contribution in [0.5, 0.6) is 0 Å². The van der Waals surface area contributed by atoms with Crippen molar-refractivity contribution in [3.05, 3.63) is 21.1 Å². The Balaban J connectivity index is 3.24. The summed E-state index contributed by atoms with van der Waals surface area (Å²) in [6, 6.07) is 0. The Bertz CT molecular complexity index is 432. The van der Waals surface area contributed by atoms with E-state index in [2.05, 4.69) is 53.6 Å². The number of aromatic nitrogens is 2. The van der Waals surface area contributed by atoms with E-state index in [-0.39, 0.29) is 11.5 Å². The van der Waals surface area contributed by atoms with Crippen molar-refractivity contribution in [3.8, 4) is 0 Å². The Labute approximate surface area is 129 Å². The van der Waals surface area contributed by atoms with Gasteiger partial charge in [-0.05, 0) is 34.7 Å². The molecule has 0 aliphatic carbocycles. The summed E-state index contributed by atoms with van der Waals surface area (Å²) in [4.78, 5) is 9.02. The van der Waals surface area contributed by atoms with E-state index < -0.39 is 0 Å². The van der Waals surface area contributed by atoms with Crippen LogP contribution in [-0.4, -0.2) is 16.6 Å². The first-order valence-electron chi connectivity index (χ1n) is 6.64. The van der Waals surface area contributed by atoms with Crippen LogP contribution in [0.2, 0.25) is 5.15 Å². The number of aryl methyl sites for hydroxylation is 1. The molecule has 0 spiro atoms. The van der Waals surface area contributed by atoms with Crippen LogP contribution in [0.25, 0.3) is 0 Å². The largest absolute Gasteiger partial charge is 0.370 e. The van der Waals surface area contributed by atoms with Crippen LogP contribution >= 0.6 is 27.5 Å². The van der Waals surface area contributed by atoms with E-state index in [0.29, 0.717) is 17.6 Å². The summed E-state index contributed by atoms with van der Waals surface area (Å²) in [6.45, 7) is 11.1. The normalized spacial score (nSPS) is 13.6. The molecule has 0 bridgehead atoms. The van der Waals surface area contributed by atoms with Gasteiger partial charge in [0.1, 0.15) is 11.3 Å². The quantitative estimate of drug-likeness (QED) is 0.704. The average molecular weight is 350 g/mol. The third-order valence-electron chi connectivity index (χ3n) is 2.74. The summed E-state index contributed by atoms with van der Waals surface area (Å²) in [7, 11) is 0. The van der Waals surface area contributed by atoms with Crippen molar-refractivity contribution in [2.45, 2.75) is 53.6 Å². The molecule has 0 aliphatic heterocycles. The highest BCUT2D eigenvalue weighted by atomic mass is 79.9. The molecule has 1 aromatic rings. The fourth-order valence-corrected chi connectivity index (χ4v) is 2.45. The summed E-state index contributed by atoms with van der Waals surface area (Å²) in [5.41, 5.74) is 0.878. The molecule has 1 atom stereocenters. The zero-order chi connectivity index (χ0) is 14.6. The smallest absolute Gasteiger partial charge is 0.159 e. The lowest BCUT2D eigenvalue weighted by atomic mass is 9.88. The van der Waals surface area contributed by atoms with E-state index in [9.17, 15) is 0 Å². The van der Waals surface area contributed by atoms with Gasteiger partial charge >= 0.3 is 0 Å². The molecule has 0 saturated heterocycles. The summed E-state index contributed by atoms with van der Waals surface area (Å²) in [6.07, 6.45) is 1.73. The zero-order valence-corrected chi connectivity index (χ0v) is 14.6. The molecule has 0 aromatic carbocycles. The fourth-order valence-electron chi connectivity index (χ4n) is 1.88. The molecule has 0 radical (unpaired) electrons. The van der Waals surface area contributed by atoms with Gasteiger partial charge in [-0.15, -0.1) is 0 Å². The number of nitrogens with zero attached hydrogens (tertiary/aromatic N) is 2. The van der Waals surface area contributed by atoms with Crippen LogP contribution in [0.3, 0.4) is 0 Å². The molecule has 0 fully saturated rings. The average Bonchev–Trinajstić information content (AvgIpc) is 2.30. The second kappa shape index (κ2) is 7.00. The van der Waals surface area contributed by atoms with Crippen LogP contribution in [0.4, 0.5) is 0 Å². The van der Waals surface area contributed by atoms with Gasteiger partial charge in [-0.25, -0.2) is 9.97 Å². The Hall–Kier alpha value is -0.190. The van der Waals surface area contributed by atoms with Crippen molar-refractivity contribution in [3.63, 3.8) is 0 Å². The lowest BCUT2D eigenvalue weighted by Crippen LogP contribution is -2.24. The Morgan fingerprint density at radius 2 is 1.89 bits per heavy atom. The molecule has 1 unspecified atom stereocenters. The second-order valence-electron chi connectivity index (χ2n) is 5.58. The third kappa shape index (κ3) is 4.40. The minimum Gasteiger partial charge on any atom is -0.370 e. The molecule has 3 nitrogen and oxygen atoms in total. The van der Waals surface area contributed by atoms with Crippen molar-refractivity contribution in [2.24, 2.45) is 5.41 Å². The first-order chi connectivity index (χ1) is 8.81. The molecule has 1 rings (SSSR count). The number of rotatable bonds is 5. The molecule has 108 valence electrons. The highest BCUT2D eigenvalue weighted by Crippen LogP contribution is 2.36. The highest BCUT2D eigenvalue weighted by Gasteiger charge is 2.30. The van der Waals surface area contributed by atoms with Crippen LogP contribution < -0.4 is 0 Å². The van der Waals surface area contributed by atoms with Gasteiger partial charge in [0.05, 0.1) is 10.2 Å². The maximum atomic E-state index is 6.20. The second-order valence-corrected chi connectivity index (χ2v) is 6.74. The number of hydrogen-bond donors (Lipinski definition) is 0. The van der Waals surface area contributed by atoms with Gasteiger partial charge in [-0.3, -0.25) is 0 Å². The summed E-state index contributed by atoms with van der Waals surface area (Å²) in [5, 5.41) is 0.461. The van der Waals surface area contributed by atoms with Crippen LogP contribution in [0.1, 0.15) is 58.7 Å². The monoisotopic (exact) mass is 348 g/mol. The first kappa shape index (κ1) is 16.9. The minimum atomic E-state index is -0.154. The van der Waals surface area contributed by atoms with Gasteiger partial charge in [0.25, 0.3) is 0 Å². The van der Waals surface area contributed by atoms with Gasteiger partial charge in [0.15, 0.2) is 5.82 Å². The van der Waals surface area contributed by atoms with Gasteiger partial charge < -0.3 is 4.74 Å². The van der Waals surface area contributed by atoms with Crippen molar-refractivity contribution in [1.82, 2.24) is 9.97 Å². The molecule has 0 aliphatic rings. The highest BCUT2D eigenvalue weighted by molar-refractivity contribution is 9.10. The molecule has 19 heavy (non-hydrogen) atoms. The van der Waals surface area contributed by atoms with Crippen LogP contribution in [0, 0.1) is 5.41 Å². The third-order valence-corrected chi connectivity index (χ3v) is 4.07. The summed E-state index contributed by atoms with van der Waals surface area (Å²) >= 11 is 9.65. The maximum Gasteiger partial charge on any atom is 0.159 e. The predicted molar refractivity (Wildman–Crippen MR) is 82.6 cm³/mol. The predicted octanol–water partition coefficient (Wildman–Crippen LogP) is 4.97. The Kier molecular flexibility index (Phi) is 6.21. The molecule has 1 aromatic heterocycles. The zero-order valence-electron chi connectivity index (χ0n) is 12.3. The Morgan fingerprint density at radius 1 is 1.26 bits per heavy atom. The SMILES string of the molecule is CCCc1nc(C(OCC)C(C)(C)C)nc(Cl)c1Br. The summed E-state index contributed by atoms with van der Waals surface area (Å²) < 4.78 is 6.62. The first-order valence-corrected chi connectivity index (χ1v) is 7.81. The van der Waals surface area contributed by atoms with Gasteiger partial charge in [-0.1, -0.05) is 45.7 Å². The Morgan fingerprint density at radius 3 is 2.37 bits per heavy atom. The minimum absolute atomic E-state index is 0.0728. The van der Waals surface area contributed by atoms with E-state index in [1.165, 1.54) is 0 Å². The molecule has 0 saturated carbocycles. The van der Waals surface area contributed by atoms with E-state index in [1.807, 2.05) is 6.92 Å². The molecule has 5 heteroatoms. The van der Waals surface area contributed by atoms with Gasteiger partial charge in [-0.2, -0.15) is 0 Å². The van der Waals surface area contributed by atoms with E-state index in [4.69, 9.17) is 16.3 Å². The molecular formula is C14H22BrClN2O. The van der Waals surface area contributed by atoms with Crippen molar-refractivity contribution < 1.29 is 4.74 Å². The molecular weight excluding hydrogens is 328 g/mol. The maximum absolute atomic E-state index is 6.20. The van der Waals surface area contributed by atoms with E-state index in [1.54, 1.807) is 0 Å². The van der Waals surface area contributed by atoms with Crippen molar-refractivity contribution in [1.29, 1.82) is 0 Å². The standard InChI is InChI=1S/C14H22BrClN2O/c1-6-8-9-10(15)12(16)18-13(17-9)11(19-7-2)14(3,4)5/h11H,6-8H2,1-5H3. The van der Waals surface area contributed by atoms with Crippen LogP contribution in [0.15, 0.2) is 4.47 Å². The summed E-state index contributed by atoms with van der Waals surface area (Å²) in [5.74, 6) is 0.672. The molecule has 0 amide bonds. The lowest BCUT2D eigenvalue weighted by molar-refractivity contribution is -0.0192. The number of hydrogen-bond acceptors (Lipinski definition) is 3. The van der Waals surface area contributed by atoms with Crippen LogP contribution in [-0.2, 0) is 11.2 Å². The van der Waals surface area contributed by atoms with E-state index >= 15 is 0 Å². The van der Waals surface area contributed by atoms with Gasteiger partial charge in [0.2, 0.25) is 0 Å². The fraction of sp³-hybridized carbons (Fsp3) is 0.714. The number of halogens is 2. The lowest BCUT2D eigenvalue weighted by Gasteiger charge is -2.29. The van der Waals surface area contributed by atoms with E-state index in [0.717, 1.165) is 23.0 Å². The molecule has 1 heterocycles. The van der Waals surface area contributed by atoms with Crippen molar-refractivity contribution >= 4 is 27.5 Å². The topological polar surface area (TPSA) is 35.0 Å². The van der Waals surface area contributed by atoms with Gasteiger partial charge in [0, 0.05) is 6.61 Å². The molecule has 0 N–H and O–H groups in total. The number of ether oxygens (including phenoxy) is 1.